The van der Waals surface area contributed by atoms with Crippen molar-refractivity contribution >= 4 is 0 Å². The lowest BCUT2D eigenvalue weighted by Gasteiger charge is -2.04. The Hall–Kier alpha value is -1.02. The Kier molecular flexibility index (Phi) is 4.33. The summed E-state index contributed by atoms with van der Waals surface area (Å²) < 4.78 is 10.5. The lowest BCUT2D eigenvalue weighted by Crippen LogP contribution is -1.92. The van der Waals surface area contributed by atoms with Crippen LogP contribution in [0.3, 0.4) is 0 Å². The minimum absolute atomic E-state index is 0.628. The van der Waals surface area contributed by atoms with Crippen LogP contribution in [0, 0.1) is 6.61 Å². The number of rotatable bonds is 5. The van der Waals surface area contributed by atoms with Gasteiger partial charge in [0.15, 0.2) is 0 Å². The van der Waals surface area contributed by atoms with Crippen LogP contribution < -0.4 is 4.74 Å². The van der Waals surface area contributed by atoms with Crippen molar-refractivity contribution in [2.75, 3.05) is 6.61 Å². The van der Waals surface area contributed by atoms with Crippen molar-refractivity contribution in [2.24, 2.45) is 0 Å². The first-order valence-corrected chi connectivity index (χ1v) is 4.48. The Morgan fingerprint density at radius 3 is 2.46 bits per heavy atom. The number of hydrogen-bond donors (Lipinski definition) is 0. The molecule has 1 aromatic rings. The van der Waals surface area contributed by atoms with Crippen molar-refractivity contribution in [3.63, 3.8) is 0 Å². The molecular formula is C11H15O2. The molecule has 1 rings (SSSR count). The number of ether oxygens (including phenoxy) is 2. The van der Waals surface area contributed by atoms with Gasteiger partial charge in [-0.15, -0.1) is 0 Å². The molecule has 1 radical (unpaired) electrons. The maximum atomic E-state index is 5.32. The van der Waals surface area contributed by atoms with Gasteiger partial charge in [-0.2, -0.15) is 0 Å². The van der Waals surface area contributed by atoms with E-state index in [1.54, 1.807) is 6.61 Å². The molecule has 1 aromatic carbocycles. The van der Waals surface area contributed by atoms with Crippen LogP contribution in [-0.2, 0) is 11.3 Å². The number of benzene rings is 1. The van der Waals surface area contributed by atoms with Gasteiger partial charge in [-0.3, -0.25) is 0 Å². The molecule has 0 amide bonds. The van der Waals surface area contributed by atoms with Crippen molar-refractivity contribution < 1.29 is 9.47 Å². The molecule has 2 heteroatoms. The number of hydrogen-bond acceptors (Lipinski definition) is 2. The fourth-order valence-corrected chi connectivity index (χ4v) is 1.03. The summed E-state index contributed by atoms with van der Waals surface area (Å²) in [4.78, 5) is 0. The van der Waals surface area contributed by atoms with Crippen molar-refractivity contribution in [1.82, 2.24) is 0 Å². The first kappa shape index (κ1) is 10.1. The van der Waals surface area contributed by atoms with Crippen molar-refractivity contribution in [3.8, 4) is 5.75 Å². The minimum atomic E-state index is 0.628. The van der Waals surface area contributed by atoms with Gasteiger partial charge in [0, 0.05) is 0 Å². The summed E-state index contributed by atoms with van der Waals surface area (Å²) in [6.45, 7) is 6.87. The average Bonchev–Trinajstić information content (AvgIpc) is 2.17. The predicted octanol–water partition coefficient (Wildman–Crippen LogP) is 2.78. The van der Waals surface area contributed by atoms with E-state index in [0.717, 1.165) is 11.3 Å². The summed E-state index contributed by atoms with van der Waals surface area (Å²) in [6.07, 6.45) is 0. The van der Waals surface area contributed by atoms with Gasteiger partial charge >= 0.3 is 0 Å². The summed E-state index contributed by atoms with van der Waals surface area (Å²) in [7, 11) is 0. The van der Waals surface area contributed by atoms with E-state index in [2.05, 4.69) is 0 Å². The van der Waals surface area contributed by atoms with Crippen LogP contribution in [0.2, 0.25) is 0 Å². The highest BCUT2D eigenvalue weighted by Crippen LogP contribution is 2.12. The molecule has 0 saturated heterocycles. The molecule has 0 bridgehead atoms. The van der Waals surface area contributed by atoms with Gasteiger partial charge in [0.05, 0.1) is 19.8 Å². The van der Waals surface area contributed by atoms with E-state index in [4.69, 9.17) is 9.47 Å². The third kappa shape index (κ3) is 3.47. The molecule has 0 heterocycles. The van der Waals surface area contributed by atoms with E-state index in [1.165, 1.54) is 0 Å². The normalized spacial score (nSPS) is 10.0. The van der Waals surface area contributed by atoms with Crippen molar-refractivity contribution in [2.45, 2.75) is 20.5 Å². The monoisotopic (exact) mass is 179 g/mol. The standard InChI is InChI=1S/C11H15O2/c1-3-12-9-10-5-7-11(8-6-10)13-4-2/h3,5-8H,4,9H2,1-2H3. The van der Waals surface area contributed by atoms with Gasteiger partial charge in [0.2, 0.25) is 0 Å². The summed E-state index contributed by atoms with van der Waals surface area (Å²) in [6, 6.07) is 7.93. The average molecular weight is 179 g/mol. The maximum absolute atomic E-state index is 5.32. The quantitative estimate of drug-likeness (QED) is 0.692. The van der Waals surface area contributed by atoms with Crippen LogP contribution in [-0.4, -0.2) is 6.61 Å². The fourth-order valence-electron chi connectivity index (χ4n) is 1.03. The third-order valence-corrected chi connectivity index (χ3v) is 1.65. The zero-order valence-corrected chi connectivity index (χ0v) is 8.12. The minimum Gasteiger partial charge on any atom is -0.494 e. The Morgan fingerprint density at radius 2 is 1.92 bits per heavy atom. The molecule has 0 aromatic heterocycles. The van der Waals surface area contributed by atoms with E-state index in [1.807, 2.05) is 38.1 Å². The SMILES string of the molecule is C[CH]OCc1ccc(OCC)cc1. The van der Waals surface area contributed by atoms with E-state index in [9.17, 15) is 0 Å². The Morgan fingerprint density at radius 1 is 1.23 bits per heavy atom. The van der Waals surface area contributed by atoms with Crippen LogP contribution in [0.4, 0.5) is 0 Å². The van der Waals surface area contributed by atoms with Crippen LogP contribution in [0.15, 0.2) is 24.3 Å². The first-order valence-electron chi connectivity index (χ1n) is 4.48. The zero-order chi connectivity index (χ0) is 9.52. The highest BCUT2D eigenvalue weighted by Gasteiger charge is 1.93. The van der Waals surface area contributed by atoms with E-state index < -0.39 is 0 Å². The Labute approximate surface area is 79.5 Å². The van der Waals surface area contributed by atoms with Gasteiger partial charge in [-0.25, -0.2) is 0 Å². The van der Waals surface area contributed by atoms with Gasteiger partial charge in [0.25, 0.3) is 0 Å². The van der Waals surface area contributed by atoms with Crippen LogP contribution in [0.1, 0.15) is 19.4 Å². The molecule has 2 nitrogen and oxygen atoms in total. The van der Waals surface area contributed by atoms with Crippen molar-refractivity contribution in [3.05, 3.63) is 36.4 Å². The molecule has 0 atom stereocenters. The lowest BCUT2D eigenvalue weighted by atomic mass is 10.2. The third-order valence-electron chi connectivity index (χ3n) is 1.65. The zero-order valence-electron chi connectivity index (χ0n) is 8.12. The highest BCUT2D eigenvalue weighted by molar-refractivity contribution is 5.26. The van der Waals surface area contributed by atoms with E-state index in [0.29, 0.717) is 13.2 Å². The summed E-state index contributed by atoms with van der Waals surface area (Å²) in [5, 5.41) is 0. The first-order chi connectivity index (χ1) is 6.36. The summed E-state index contributed by atoms with van der Waals surface area (Å²) in [5.41, 5.74) is 1.15. The molecule has 0 aliphatic carbocycles. The Balaban J connectivity index is 2.48. The molecular weight excluding hydrogens is 164 g/mol. The topological polar surface area (TPSA) is 18.5 Å². The molecule has 71 valence electrons. The largest absolute Gasteiger partial charge is 0.494 e. The summed E-state index contributed by atoms with van der Waals surface area (Å²) >= 11 is 0. The van der Waals surface area contributed by atoms with Crippen LogP contribution in [0.25, 0.3) is 0 Å². The second-order valence-corrected chi connectivity index (χ2v) is 2.62. The molecule has 0 saturated carbocycles. The molecule has 0 aliphatic heterocycles. The van der Waals surface area contributed by atoms with E-state index >= 15 is 0 Å². The predicted molar refractivity (Wildman–Crippen MR) is 52.4 cm³/mol. The molecule has 0 N–H and O–H groups in total. The van der Waals surface area contributed by atoms with Gasteiger partial charge in [0.1, 0.15) is 5.75 Å². The van der Waals surface area contributed by atoms with Crippen molar-refractivity contribution in [1.29, 1.82) is 0 Å². The van der Waals surface area contributed by atoms with Gasteiger partial charge in [-0.1, -0.05) is 12.1 Å². The van der Waals surface area contributed by atoms with Gasteiger partial charge in [-0.05, 0) is 31.5 Å². The molecule has 0 fully saturated rings. The van der Waals surface area contributed by atoms with E-state index in [-0.39, 0.29) is 0 Å². The smallest absolute Gasteiger partial charge is 0.119 e. The van der Waals surface area contributed by atoms with Crippen LogP contribution >= 0.6 is 0 Å². The fraction of sp³-hybridized carbons (Fsp3) is 0.364. The van der Waals surface area contributed by atoms with Crippen LogP contribution in [0.5, 0.6) is 5.75 Å². The molecule has 0 spiro atoms. The molecule has 13 heavy (non-hydrogen) atoms. The Bertz CT molecular complexity index is 228. The summed E-state index contributed by atoms with van der Waals surface area (Å²) in [5.74, 6) is 0.909. The highest BCUT2D eigenvalue weighted by atomic mass is 16.5. The second-order valence-electron chi connectivity index (χ2n) is 2.62. The lowest BCUT2D eigenvalue weighted by molar-refractivity contribution is 0.191. The maximum Gasteiger partial charge on any atom is 0.119 e. The second kappa shape index (κ2) is 5.60. The molecule has 0 unspecified atom stereocenters. The van der Waals surface area contributed by atoms with Gasteiger partial charge < -0.3 is 9.47 Å². The molecule has 0 aliphatic rings.